The van der Waals surface area contributed by atoms with E-state index in [0.717, 1.165) is 17.8 Å². The lowest BCUT2D eigenvalue weighted by molar-refractivity contribution is -0.385. The lowest BCUT2D eigenvalue weighted by Crippen LogP contribution is -2.45. The van der Waals surface area contributed by atoms with E-state index in [1.807, 2.05) is 0 Å². The molecule has 1 heterocycles. The summed E-state index contributed by atoms with van der Waals surface area (Å²) in [6, 6.07) is 0.469. The van der Waals surface area contributed by atoms with Crippen molar-refractivity contribution in [3.05, 3.63) is 22.5 Å². The summed E-state index contributed by atoms with van der Waals surface area (Å²) in [6.45, 7) is 5.77. The monoisotopic (exact) mass is 336 g/mol. The molecule has 0 amide bonds. The molecule has 1 aromatic rings. The van der Waals surface area contributed by atoms with Crippen molar-refractivity contribution in [2.75, 3.05) is 13.6 Å². The molecule has 0 radical (unpaired) electrons. The predicted octanol–water partition coefficient (Wildman–Crippen LogP) is 2.17. The van der Waals surface area contributed by atoms with Gasteiger partial charge in [-0.05, 0) is 37.5 Å². The van der Waals surface area contributed by atoms with Gasteiger partial charge in [0.2, 0.25) is 0 Å². The van der Waals surface area contributed by atoms with E-state index in [0.29, 0.717) is 19.1 Å². The van der Waals surface area contributed by atoms with Gasteiger partial charge in [-0.2, -0.15) is 5.10 Å². The average molecular weight is 336 g/mol. The predicted molar refractivity (Wildman–Crippen MR) is 94.0 cm³/mol. The van der Waals surface area contributed by atoms with Crippen molar-refractivity contribution in [2.45, 2.75) is 52.1 Å². The van der Waals surface area contributed by atoms with Crippen LogP contribution in [0.3, 0.4) is 0 Å². The normalized spacial score (nSPS) is 21.8. The van der Waals surface area contributed by atoms with E-state index in [4.69, 9.17) is 0 Å². The molecule has 0 spiro atoms. The van der Waals surface area contributed by atoms with Crippen LogP contribution in [0.4, 0.5) is 5.69 Å². The van der Waals surface area contributed by atoms with Gasteiger partial charge in [-0.15, -0.1) is 0 Å². The largest absolute Gasteiger partial charge is 0.355 e. The van der Waals surface area contributed by atoms with Crippen LogP contribution >= 0.6 is 0 Å². The Balaban J connectivity index is 1.72. The maximum atomic E-state index is 10.6. The van der Waals surface area contributed by atoms with Crippen LogP contribution < -0.4 is 10.6 Å². The molecular weight excluding hydrogens is 308 g/mol. The number of aromatic nitrogens is 2. The molecule has 134 valence electrons. The van der Waals surface area contributed by atoms with Gasteiger partial charge in [0.25, 0.3) is 0 Å². The topological polar surface area (TPSA) is 97.4 Å². The maximum absolute atomic E-state index is 10.6. The summed E-state index contributed by atoms with van der Waals surface area (Å²) in [5.74, 6) is 2.39. The Labute approximate surface area is 142 Å². The molecule has 0 aliphatic heterocycles. The number of hydrogen-bond donors (Lipinski definition) is 2. The highest BCUT2D eigenvalue weighted by molar-refractivity contribution is 5.79. The van der Waals surface area contributed by atoms with E-state index in [1.165, 1.54) is 38.1 Å². The van der Waals surface area contributed by atoms with Crippen molar-refractivity contribution in [1.82, 2.24) is 20.4 Å². The minimum atomic E-state index is -0.440. The molecule has 0 atom stereocenters. The smallest absolute Gasteiger partial charge is 0.306 e. The maximum Gasteiger partial charge on any atom is 0.306 e. The van der Waals surface area contributed by atoms with E-state index in [2.05, 4.69) is 34.6 Å². The summed E-state index contributed by atoms with van der Waals surface area (Å²) in [5, 5.41) is 21.3. The molecule has 1 aromatic heterocycles. The molecule has 1 saturated carbocycles. The zero-order chi connectivity index (χ0) is 17.5. The van der Waals surface area contributed by atoms with Crippen LogP contribution in [0.15, 0.2) is 17.4 Å². The molecule has 8 heteroatoms. The van der Waals surface area contributed by atoms with Crippen molar-refractivity contribution in [3.8, 4) is 0 Å². The molecule has 8 nitrogen and oxygen atoms in total. The van der Waals surface area contributed by atoms with Gasteiger partial charge in [-0.25, -0.2) is 0 Å². The van der Waals surface area contributed by atoms with Crippen LogP contribution in [0.1, 0.15) is 39.5 Å². The highest BCUT2D eigenvalue weighted by atomic mass is 16.6. The number of guanidine groups is 1. The second kappa shape index (κ2) is 8.65. The first-order chi connectivity index (χ1) is 11.5. The Morgan fingerprint density at radius 1 is 1.46 bits per heavy atom. The fourth-order valence-corrected chi connectivity index (χ4v) is 3.18. The van der Waals surface area contributed by atoms with Gasteiger partial charge in [0, 0.05) is 19.6 Å². The average Bonchev–Trinajstić information content (AvgIpc) is 3.03. The van der Waals surface area contributed by atoms with Crippen molar-refractivity contribution < 1.29 is 4.92 Å². The van der Waals surface area contributed by atoms with E-state index < -0.39 is 4.92 Å². The Bertz CT molecular complexity index is 561. The number of nitrogens with zero attached hydrogens (tertiary/aromatic N) is 4. The fraction of sp³-hybridized carbons (Fsp3) is 0.750. The first-order valence-electron chi connectivity index (χ1n) is 8.63. The third-order valence-electron chi connectivity index (χ3n) is 4.74. The highest BCUT2D eigenvalue weighted by Gasteiger charge is 2.23. The number of hydrogen-bond acceptors (Lipinski definition) is 4. The van der Waals surface area contributed by atoms with E-state index in [9.17, 15) is 10.1 Å². The van der Waals surface area contributed by atoms with Gasteiger partial charge in [0.05, 0.1) is 11.5 Å². The molecule has 2 N–H and O–H groups in total. The third-order valence-corrected chi connectivity index (χ3v) is 4.74. The molecule has 0 unspecified atom stereocenters. The number of rotatable bonds is 6. The Morgan fingerprint density at radius 3 is 2.71 bits per heavy atom. The Kier molecular flexibility index (Phi) is 6.57. The van der Waals surface area contributed by atoms with Gasteiger partial charge >= 0.3 is 5.69 Å². The highest BCUT2D eigenvalue weighted by Crippen LogP contribution is 2.29. The summed E-state index contributed by atoms with van der Waals surface area (Å²) in [6.07, 6.45) is 7.58. The molecule has 0 bridgehead atoms. The number of aliphatic imine (C=N–C) groups is 1. The van der Waals surface area contributed by atoms with Crippen molar-refractivity contribution in [2.24, 2.45) is 16.8 Å². The van der Waals surface area contributed by atoms with Gasteiger partial charge < -0.3 is 10.6 Å². The van der Waals surface area contributed by atoms with Crippen LogP contribution in [0, 0.1) is 22.0 Å². The summed E-state index contributed by atoms with van der Waals surface area (Å²) in [5.41, 5.74) is 0.0134. The van der Waals surface area contributed by atoms with Crippen LogP contribution in [-0.4, -0.2) is 40.3 Å². The second-order valence-corrected chi connectivity index (χ2v) is 6.72. The zero-order valence-corrected chi connectivity index (χ0v) is 14.7. The van der Waals surface area contributed by atoms with Crippen LogP contribution in [0.2, 0.25) is 0 Å². The van der Waals surface area contributed by atoms with Crippen molar-refractivity contribution in [3.63, 3.8) is 0 Å². The molecule has 1 aliphatic carbocycles. The standard InChI is InChI=1S/C16H28N6O2/c1-12(2)13-4-6-14(7-5-13)20-16(17-3)18-8-9-21-11-15(10-19-21)22(23)24/h10-14H,4-9H2,1-3H3,(H2,17,18,20). The van der Waals surface area contributed by atoms with Crippen LogP contribution in [0.25, 0.3) is 0 Å². The number of nitro groups is 1. The Hall–Kier alpha value is -2.12. The minimum Gasteiger partial charge on any atom is -0.355 e. The lowest BCUT2D eigenvalue weighted by Gasteiger charge is -2.32. The summed E-state index contributed by atoms with van der Waals surface area (Å²) in [7, 11) is 1.76. The molecule has 1 aliphatic rings. The minimum absolute atomic E-state index is 0.0134. The second-order valence-electron chi connectivity index (χ2n) is 6.72. The van der Waals surface area contributed by atoms with Crippen molar-refractivity contribution >= 4 is 11.6 Å². The third kappa shape index (κ3) is 5.21. The summed E-state index contributed by atoms with van der Waals surface area (Å²) in [4.78, 5) is 14.5. The SMILES string of the molecule is CN=C(NCCn1cc([N+](=O)[O-])cn1)NC1CCC(C(C)C)CC1. The van der Waals surface area contributed by atoms with E-state index in [1.54, 1.807) is 11.7 Å². The molecule has 0 aromatic carbocycles. The van der Waals surface area contributed by atoms with E-state index >= 15 is 0 Å². The lowest BCUT2D eigenvalue weighted by atomic mass is 9.80. The Morgan fingerprint density at radius 2 is 2.17 bits per heavy atom. The van der Waals surface area contributed by atoms with Crippen LogP contribution in [-0.2, 0) is 6.54 Å². The quantitative estimate of drug-likeness (QED) is 0.359. The van der Waals surface area contributed by atoms with Gasteiger partial charge in [-0.3, -0.25) is 19.8 Å². The van der Waals surface area contributed by atoms with Gasteiger partial charge in [0.15, 0.2) is 5.96 Å². The fourth-order valence-electron chi connectivity index (χ4n) is 3.18. The summed E-state index contributed by atoms with van der Waals surface area (Å²) < 4.78 is 1.56. The number of nitrogens with one attached hydrogen (secondary N) is 2. The molecule has 0 saturated heterocycles. The van der Waals surface area contributed by atoms with Crippen molar-refractivity contribution in [1.29, 1.82) is 0 Å². The zero-order valence-electron chi connectivity index (χ0n) is 14.7. The first kappa shape index (κ1) is 18.2. The van der Waals surface area contributed by atoms with Gasteiger partial charge in [-0.1, -0.05) is 13.8 Å². The molecular formula is C16H28N6O2. The summed E-state index contributed by atoms with van der Waals surface area (Å²) >= 11 is 0. The molecule has 1 fully saturated rings. The van der Waals surface area contributed by atoms with Gasteiger partial charge in [0.1, 0.15) is 12.4 Å². The molecule has 2 rings (SSSR count). The van der Waals surface area contributed by atoms with E-state index in [-0.39, 0.29) is 5.69 Å². The molecule has 24 heavy (non-hydrogen) atoms. The first-order valence-corrected chi connectivity index (χ1v) is 8.63. The van der Waals surface area contributed by atoms with Crippen LogP contribution in [0.5, 0.6) is 0 Å².